The van der Waals surface area contributed by atoms with Crippen LogP contribution in [0.5, 0.6) is 0 Å². The second-order valence-electron chi connectivity index (χ2n) is 3.56. The van der Waals surface area contributed by atoms with Crippen LogP contribution in [0.15, 0.2) is 0 Å². The molecule has 1 unspecified atom stereocenters. The maximum atomic E-state index is 9.56. The molecule has 0 heterocycles. The standard InChI is InChI=1S/C11H26N2OS/c1-4-12-9-11(14)10-15-8-7-13(5-2)6-3/h11-12,14H,4-10H2,1-3H3. The van der Waals surface area contributed by atoms with E-state index in [1.165, 1.54) is 0 Å². The lowest BCUT2D eigenvalue weighted by molar-refractivity contribution is 0.196. The molecule has 0 radical (unpaired) electrons. The van der Waals surface area contributed by atoms with Crippen LogP contribution in [0.1, 0.15) is 20.8 Å². The van der Waals surface area contributed by atoms with Gasteiger partial charge in [-0.3, -0.25) is 0 Å². The lowest BCUT2D eigenvalue weighted by Gasteiger charge is -2.18. The van der Waals surface area contributed by atoms with Crippen LogP contribution in [0.3, 0.4) is 0 Å². The lowest BCUT2D eigenvalue weighted by Crippen LogP contribution is -2.29. The highest BCUT2D eigenvalue weighted by Crippen LogP contribution is 2.03. The molecule has 1 atom stereocenters. The van der Waals surface area contributed by atoms with Gasteiger partial charge in [-0.05, 0) is 19.6 Å². The number of nitrogens with zero attached hydrogens (tertiary/aromatic N) is 1. The summed E-state index contributed by atoms with van der Waals surface area (Å²) >= 11 is 1.84. The van der Waals surface area contributed by atoms with Gasteiger partial charge < -0.3 is 15.3 Å². The smallest absolute Gasteiger partial charge is 0.0754 e. The van der Waals surface area contributed by atoms with Crippen molar-refractivity contribution in [3.05, 3.63) is 0 Å². The number of thioether (sulfide) groups is 1. The SMILES string of the molecule is CCNCC(O)CSCCN(CC)CC. The molecule has 0 bridgehead atoms. The second kappa shape index (κ2) is 10.7. The third kappa shape index (κ3) is 9.18. The molecule has 0 saturated heterocycles. The van der Waals surface area contributed by atoms with E-state index < -0.39 is 0 Å². The number of aliphatic hydroxyl groups excluding tert-OH is 1. The average Bonchev–Trinajstić information content (AvgIpc) is 2.26. The zero-order valence-electron chi connectivity index (χ0n) is 10.3. The molecule has 0 rings (SSSR count). The highest BCUT2D eigenvalue weighted by Gasteiger charge is 2.03. The maximum Gasteiger partial charge on any atom is 0.0754 e. The molecule has 0 spiro atoms. The van der Waals surface area contributed by atoms with Crippen LogP contribution in [0.2, 0.25) is 0 Å². The number of likely N-dealkylation sites (N-methyl/N-ethyl adjacent to an activating group) is 1. The molecule has 0 aliphatic rings. The molecule has 0 aliphatic carbocycles. The van der Waals surface area contributed by atoms with Gasteiger partial charge in [0.15, 0.2) is 0 Å². The lowest BCUT2D eigenvalue weighted by atomic mass is 10.4. The van der Waals surface area contributed by atoms with E-state index in [2.05, 4.69) is 31.0 Å². The van der Waals surface area contributed by atoms with Crippen LogP contribution in [-0.2, 0) is 0 Å². The van der Waals surface area contributed by atoms with E-state index in [0.717, 1.165) is 44.2 Å². The first-order valence-electron chi connectivity index (χ1n) is 5.93. The second-order valence-corrected chi connectivity index (χ2v) is 4.71. The highest BCUT2D eigenvalue weighted by molar-refractivity contribution is 7.99. The Morgan fingerprint density at radius 3 is 2.47 bits per heavy atom. The van der Waals surface area contributed by atoms with Crippen LogP contribution >= 0.6 is 11.8 Å². The van der Waals surface area contributed by atoms with Crippen LogP contribution in [0, 0.1) is 0 Å². The number of aliphatic hydroxyl groups is 1. The van der Waals surface area contributed by atoms with Gasteiger partial charge in [-0.15, -0.1) is 0 Å². The van der Waals surface area contributed by atoms with Crippen LogP contribution in [-0.4, -0.2) is 60.3 Å². The quantitative estimate of drug-likeness (QED) is 0.554. The predicted octanol–water partition coefficient (Wildman–Crippen LogP) is 1.03. The zero-order valence-corrected chi connectivity index (χ0v) is 11.1. The molecule has 0 fully saturated rings. The van der Waals surface area contributed by atoms with Gasteiger partial charge in [0.25, 0.3) is 0 Å². The van der Waals surface area contributed by atoms with Gasteiger partial charge >= 0.3 is 0 Å². The summed E-state index contributed by atoms with van der Waals surface area (Å²) in [5.74, 6) is 1.96. The monoisotopic (exact) mass is 234 g/mol. The summed E-state index contributed by atoms with van der Waals surface area (Å²) in [7, 11) is 0. The average molecular weight is 234 g/mol. The van der Waals surface area contributed by atoms with Crippen molar-refractivity contribution in [3.8, 4) is 0 Å². The minimum atomic E-state index is -0.202. The van der Waals surface area contributed by atoms with Crippen molar-refractivity contribution in [1.29, 1.82) is 0 Å². The summed E-state index contributed by atoms with van der Waals surface area (Å²) in [6.45, 7) is 11.5. The normalized spacial score (nSPS) is 13.4. The maximum absolute atomic E-state index is 9.56. The van der Waals surface area contributed by atoms with Gasteiger partial charge in [-0.2, -0.15) is 11.8 Å². The first kappa shape index (κ1) is 15.2. The fourth-order valence-electron chi connectivity index (χ4n) is 1.32. The summed E-state index contributed by atoms with van der Waals surface area (Å²) in [6, 6.07) is 0. The molecule has 0 aromatic heterocycles. The predicted molar refractivity (Wildman–Crippen MR) is 69.7 cm³/mol. The van der Waals surface area contributed by atoms with Crippen molar-refractivity contribution in [3.63, 3.8) is 0 Å². The van der Waals surface area contributed by atoms with Crippen molar-refractivity contribution in [2.45, 2.75) is 26.9 Å². The molecule has 2 N–H and O–H groups in total. The summed E-state index contributed by atoms with van der Waals surface area (Å²) in [5, 5.41) is 12.7. The van der Waals surface area contributed by atoms with Crippen LogP contribution in [0.4, 0.5) is 0 Å². The summed E-state index contributed by atoms with van der Waals surface area (Å²) in [5.41, 5.74) is 0. The van der Waals surface area contributed by atoms with E-state index in [4.69, 9.17) is 0 Å². The summed E-state index contributed by atoms with van der Waals surface area (Å²) in [6.07, 6.45) is -0.202. The van der Waals surface area contributed by atoms with E-state index in [0.29, 0.717) is 0 Å². The van der Waals surface area contributed by atoms with Crippen LogP contribution < -0.4 is 5.32 Å². The third-order valence-corrected chi connectivity index (χ3v) is 3.48. The number of hydrogen-bond donors (Lipinski definition) is 2. The third-order valence-electron chi connectivity index (χ3n) is 2.39. The van der Waals surface area contributed by atoms with Gasteiger partial charge in [0.2, 0.25) is 0 Å². The Kier molecular flexibility index (Phi) is 10.9. The van der Waals surface area contributed by atoms with Crippen LogP contribution in [0.25, 0.3) is 0 Å². The first-order chi connectivity index (χ1) is 7.24. The van der Waals surface area contributed by atoms with Gasteiger partial charge in [0.05, 0.1) is 6.10 Å². The molecule has 0 aromatic rings. The van der Waals surface area contributed by atoms with Gasteiger partial charge in [0.1, 0.15) is 0 Å². The van der Waals surface area contributed by atoms with E-state index >= 15 is 0 Å². The molecule has 92 valence electrons. The molecule has 4 heteroatoms. The Bertz CT molecular complexity index is 132. The van der Waals surface area contributed by atoms with Crippen molar-refractivity contribution in [2.24, 2.45) is 0 Å². The van der Waals surface area contributed by atoms with Gasteiger partial charge in [-0.1, -0.05) is 20.8 Å². The number of nitrogens with one attached hydrogen (secondary N) is 1. The van der Waals surface area contributed by atoms with Crippen molar-refractivity contribution >= 4 is 11.8 Å². The number of hydrogen-bond acceptors (Lipinski definition) is 4. The zero-order chi connectivity index (χ0) is 11.5. The molecule has 0 aromatic carbocycles. The Balaban J connectivity index is 3.29. The summed E-state index contributed by atoms with van der Waals surface area (Å²) in [4.78, 5) is 2.41. The molecule has 0 amide bonds. The molecular formula is C11H26N2OS. The summed E-state index contributed by atoms with van der Waals surface area (Å²) < 4.78 is 0. The molecule has 0 aliphatic heterocycles. The Morgan fingerprint density at radius 2 is 1.93 bits per heavy atom. The molecular weight excluding hydrogens is 208 g/mol. The van der Waals surface area contributed by atoms with Gasteiger partial charge in [-0.25, -0.2) is 0 Å². The van der Waals surface area contributed by atoms with E-state index in [1.54, 1.807) is 0 Å². The van der Waals surface area contributed by atoms with E-state index in [1.807, 2.05) is 11.8 Å². The van der Waals surface area contributed by atoms with Crippen molar-refractivity contribution in [2.75, 3.05) is 44.2 Å². The fourth-order valence-corrected chi connectivity index (χ4v) is 2.27. The largest absolute Gasteiger partial charge is 0.391 e. The fraction of sp³-hybridized carbons (Fsp3) is 1.00. The molecule has 15 heavy (non-hydrogen) atoms. The Morgan fingerprint density at radius 1 is 1.27 bits per heavy atom. The minimum absolute atomic E-state index is 0.202. The molecule has 0 saturated carbocycles. The van der Waals surface area contributed by atoms with Crippen molar-refractivity contribution < 1.29 is 5.11 Å². The topological polar surface area (TPSA) is 35.5 Å². The van der Waals surface area contributed by atoms with E-state index in [-0.39, 0.29) is 6.10 Å². The molecule has 3 nitrogen and oxygen atoms in total. The number of rotatable bonds is 10. The minimum Gasteiger partial charge on any atom is -0.391 e. The Hall–Kier alpha value is 0.230. The van der Waals surface area contributed by atoms with E-state index in [9.17, 15) is 5.11 Å². The van der Waals surface area contributed by atoms with Crippen molar-refractivity contribution in [1.82, 2.24) is 10.2 Å². The highest BCUT2D eigenvalue weighted by atomic mass is 32.2. The van der Waals surface area contributed by atoms with Gasteiger partial charge in [0, 0.05) is 24.6 Å². The Labute approximate surface area is 98.6 Å². The first-order valence-corrected chi connectivity index (χ1v) is 7.08.